The molecular formula is C13H15ClN4O. The van der Waals surface area contributed by atoms with Crippen molar-refractivity contribution < 1.29 is 4.79 Å². The summed E-state index contributed by atoms with van der Waals surface area (Å²) in [6, 6.07) is 3.35. The van der Waals surface area contributed by atoms with Crippen molar-refractivity contribution in [3.05, 3.63) is 47.3 Å². The molecule has 0 aliphatic heterocycles. The molecule has 1 amide bonds. The van der Waals surface area contributed by atoms with Gasteiger partial charge in [-0.15, -0.1) is 0 Å². The maximum Gasteiger partial charge on any atom is 0.254 e. The summed E-state index contributed by atoms with van der Waals surface area (Å²) in [4.78, 5) is 19.9. The number of pyridine rings is 1. The number of halogens is 1. The van der Waals surface area contributed by atoms with E-state index in [2.05, 4.69) is 15.3 Å². The third-order valence-corrected chi connectivity index (χ3v) is 3.09. The van der Waals surface area contributed by atoms with Crippen LogP contribution in [0.25, 0.3) is 0 Å². The molecule has 0 aliphatic carbocycles. The lowest BCUT2D eigenvalue weighted by Gasteiger charge is -2.07. The smallest absolute Gasteiger partial charge is 0.254 e. The molecule has 19 heavy (non-hydrogen) atoms. The van der Waals surface area contributed by atoms with E-state index in [4.69, 9.17) is 11.6 Å². The Kier molecular flexibility index (Phi) is 4.52. The van der Waals surface area contributed by atoms with E-state index >= 15 is 0 Å². The van der Waals surface area contributed by atoms with Gasteiger partial charge in [0.05, 0.1) is 5.56 Å². The molecule has 2 aromatic heterocycles. The summed E-state index contributed by atoms with van der Waals surface area (Å²) in [5.74, 6) is 0.780. The highest BCUT2D eigenvalue weighted by Crippen LogP contribution is 2.10. The molecule has 0 unspecified atom stereocenters. The largest absolute Gasteiger partial charge is 0.352 e. The van der Waals surface area contributed by atoms with Crippen LogP contribution in [0.15, 0.2) is 30.7 Å². The van der Waals surface area contributed by atoms with Gasteiger partial charge in [-0.05, 0) is 25.5 Å². The third-order valence-electron chi connectivity index (χ3n) is 2.79. The molecule has 6 heteroatoms. The Balaban J connectivity index is 1.79. The van der Waals surface area contributed by atoms with Gasteiger partial charge < -0.3 is 9.88 Å². The number of hydrogen-bond donors (Lipinski definition) is 1. The number of aryl methyl sites for hydroxylation is 2. The minimum absolute atomic E-state index is 0.194. The van der Waals surface area contributed by atoms with E-state index in [1.165, 1.54) is 0 Å². The summed E-state index contributed by atoms with van der Waals surface area (Å²) in [5, 5.41) is 3.05. The fraction of sp³-hybridized carbons (Fsp3) is 0.308. The second-order valence-electron chi connectivity index (χ2n) is 4.12. The fourth-order valence-electron chi connectivity index (χ4n) is 1.74. The van der Waals surface area contributed by atoms with Crippen molar-refractivity contribution in [3.63, 3.8) is 0 Å². The van der Waals surface area contributed by atoms with Crippen LogP contribution in [0.2, 0.25) is 5.15 Å². The van der Waals surface area contributed by atoms with Crippen molar-refractivity contribution >= 4 is 17.5 Å². The summed E-state index contributed by atoms with van der Waals surface area (Å²) in [6.07, 6.45) is 6.08. The predicted molar refractivity (Wildman–Crippen MR) is 73.2 cm³/mol. The van der Waals surface area contributed by atoms with Gasteiger partial charge in [-0.3, -0.25) is 4.79 Å². The Morgan fingerprint density at radius 1 is 1.42 bits per heavy atom. The van der Waals surface area contributed by atoms with Crippen LogP contribution in [0.4, 0.5) is 0 Å². The normalized spacial score (nSPS) is 10.4. The van der Waals surface area contributed by atoms with Crippen LogP contribution in [0.1, 0.15) is 22.6 Å². The van der Waals surface area contributed by atoms with Gasteiger partial charge in [0.25, 0.3) is 5.91 Å². The molecular weight excluding hydrogens is 264 g/mol. The third kappa shape index (κ3) is 3.54. The Hall–Kier alpha value is -1.88. The van der Waals surface area contributed by atoms with Crippen LogP contribution in [-0.4, -0.2) is 27.0 Å². The molecule has 2 rings (SSSR count). The molecule has 0 saturated heterocycles. The van der Waals surface area contributed by atoms with Gasteiger partial charge in [-0.1, -0.05) is 11.6 Å². The van der Waals surface area contributed by atoms with E-state index in [-0.39, 0.29) is 11.1 Å². The number of rotatable bonds is 5. The van der Waals surface area contributed by atoms with Gasteiger partial charge in [-0.2, -0.15) is 0 Å². The molecule has 0 atom stereocenters. The number of aromatic nitrogens is 3. The maximum atomic E-state index is 11.8. The van der Waals surface area contributed by atoms with Crippen LogP contribution in [0.5, 0.6) is 0 Å². The zero-order chi connectivity index (χ0) is 13.7. The molecule has 0 aromatic carbocycles. The number of nitrogens with zero attached hydrogens (tertiary/aromatic N) is 3. The standard InChI is InChI=1S/C13H15ClN4O/c1-10-15-7-9-18(10)8-3-6-17-13(19)11-4-2-5-16-12(11)14/h2,4-5,7,9H,3,6,8H2,1H3,(H,17,19). The van der Waals surface area contributed by atoms with E-state index in [0.29, 0.717) is 12.1 Å². The number of carbonyl (C=O) groups is 1. The van der Waals surface area contributed by atoms with E-state index in [9.17, 15) is 4.79 Å². The molecule has 0 radical (unpaired) electrons. The first kappa shape index (κ1) is 13.5. The first-order chi connectivity index (χ1) is 9.18. The number of amides is 1. The highest BCUT2D eigenvalue weighted by molar-refractivity contribution is 6.32. The Morgan fingerprint density at radius 2 is 2.26 bits per heavy atom. The van der Waals surface area contributed by atoms with E-state index in [1.54, 1.807) is 24.5 Å². The van der Waals surface area contributed by atoms with E-state index < -0.39 is 0 Å². The first-order valence-electron chi connectivity index (χ1n) is 6.05. The summed E-state index contributed by atoms with van der Waals surface area (Å²) < 4.78 is 2.04. The quantitative estimate of drug-likeness (QED) is 0.673. The first-order valence-corrected chi connectivity index (χ1v) is 6.42. The molecule has 0 spiro atoms. The number of hydrogen-bond acceptors (Lipinski definition) is 3. The zero-order valence-electron chi connectivity index (χ0n) is 10.6. The van der Waals surface area contributed by atoms with Crippen molar-refractivity contribution in [3.8, 4) is 0 Å². The summed E-state index contributed by atoms with van der Waals surface area (Å²) in [5.41, 5.74) is 0.406. The summed E-state index contributed by atoms with van der Waals surface area (Å²) in [6.45, 7) is 3.36. The number of carbonyl (C=O) groups excluding carboxylic acids is 1. The van der Waals surface area contributed by atoms with Crippen LogP contribution >= 0.6 is 11.6 Å². The summed E-state index contributed by atoms with van der Waals surface area (Å²) >= 11 is 5.85. The second kappa shape index (κ2) is 6.33. The van der Waals surface area contributed by atoms with Crippen LogP contribution in [-0.2, 0) is 6.54 Å². The van der Waals surface area contributed by atoms with Gasteiger partial charge in [0.15, 0.2) is 0 Å². The highest BCUT2D eigenvalue weighted by Gasteiger charge is 2.09. The minimum Gasteiger partial charge on any atom is -0.352 e. The maximum absolute atomic E-state index is 11.8. The average Bonchev–Trinajstić information content (AvgIpc) is 2.80. The fourth-order valence-corrected chi connectivity index (χ4v) is 1.95. The molecule has 0 fully saturated rings. The molecule has 2 aromatic rings. The SMILES string of the molecule is Cc1nccn1CCCNC(=O)c1cccnc1Cl. The monoisotopic (exact) mass is 278 g/mol. The number of nitrogens with one attached hydrogen (secondary N) is 1. The van der Waals surface area contributed by atoms with Gasteiger partial charge in [0.1, 0.15) is 11.0 Å². The molecule has 100 valence electrons. The topological polar surface area (TPSA) is 59.8 Å². The zero-order valence-corrected chi connectivity index (χ0v) is 11.4. The molecule has 0 saturated carbocycles. The van der Waals surface area contributed by atoms with Gasteiger partial charge in [0, 0.05) is 31.7 Å². The number of imidazole rings is 1. The lowest BCUT2D eigenvalue weighted by atomic mass is 10.2. The van der Waals surface area contributed by atoms with Gasteiger partial charge in [0.2, 0.25) is 0 Å². The Labute approximate surface area is 116 Å². The minimum atomic E-state index is -0.194. The van der Waals surface area contributed by atoms with Crippen molar-refractivity contribution in [2.75, 3.05) is 6.54 Å². The van der Waals surface area contributed by atoms with Crippen LogP contribution < -0.4 is 5.32 Å². The van der Waals surface area contributed by atoms with E-state index in [1.807, 2.05) is 17.7 Å². The molecule has 5 nitrogen and oxygen atoms in total. The van der Waals surface area contributed by atoms with Crippen molar-refractivity contribution in [2.45, 2.75) is 19.9 Å². The lowest BCUT2D eigenvalue weighted by molar-refractivity contribution is 0.0952. The second-order valence-corrected chi connectivity index (χ2v) is 4.48. The summed E-state index contributed by atoms with van der Waals surface area (Å²) in [7, 11) is 0. The lowest BCUT2D eigenvalue weighted by Crippen LogP contribution is -2.25. The predicted octanol–water partition coefficient (Wildman–Crippen LogP) is 2.06. The molecule has 0 aliphatic rings. The van der Waals surface area contributed by atoms with Crippen LogP contribution in [0.3, 0.4) is 0 Å². The van der Waals surface area contributed by atoms with Crippen molar-refractivity contribution in [2.24, 2.45) is 0 Å². The molecule has 2 heterocycles. The van der Waals surface area contributed by atoms with Gasteiger partial charge >= 0.3 is 0 Å². The molecule has 1 N–H and O–H groups in total. The van der Waals surface area contributed by atoms with Crippen molar-refractivity contribution in [1.29, 1.82) is 0 Å². The van der Waals surface area contributed by atoms with E-state index in [0.717, 1.165) is 18.8 Å². The van der Waals surface area contributed by atoms with Crippen LogP contribution in [0, 0.1) is 6.92 Å². The Morgan fingerprint density at radius 3 is 2.95 bits per heavy atom. The average molecular weight is 279 g/mol. The van der Waals surface area contributed by atoms with Crippen molar-refractivity contribution in [1.82, 2.24) is 19.9 Å². The highest BCUT2D eigenvalue weighted by atomic mass is 35.5. The Bertz CT molecular complexity index is 567. The molecule has 0 bridgehead atoms. The van der Waals surface area contributed by atoms with Gasteiger partial charge in [-0.25, -0.2) is 9.97 Å².